The lowest BCUT2D eigenvalue weighted by atomic mass is 10.2. The first-order valence-corrected chi connectivity index (χ1v) is 26.3. The summed E-state index contributed by atoms with van der Waals surface area (Å²) in [5.74, 6) is 4.82. The van der Waals surface area contributed by atoms with Gasteiger partial charge in [-0.15, -0.1) is 0 Å². The van der Waals surface area contributed by atoms with Gasteiger partial charge in [0.2, 0.25) is 23.8 Å². The highest BCUT2D eigenvalue weighted by Gasteiger charge is 2.26. The third kappa shape index (κ3) is 8.84. The Balaban J connectivity index is 0.000000144. The van der Waals surface area contributed by atoms with Crippen molar-refractivity contribution in [2.45, 2.75) is 0 Å². The fourth-order valence-electron chi connectivity index (χ4n) is 10.2. The van der Waals surface area contributed by atoms with Gasteiger partial charge in [0.15, 0.2) is 23.3 Å². The van der Waals surface area contributed by atoms with E-state index in [1.807, 2.05) is 205 Å². The number of fused-ring (bicyclic) bond motifs is 5. The quantitative estimate of drug-likeness (QED) is 0.132. The highest BCUT2D eigenvalue weighted by Crippen LogP contribution is 2.38. The second-order valence-electron chi connectivity index (χ2n) is 18.9. The van der Waals surface area contributed by atoms with E-state index in [1.54, 1.807) is 0 Å². The standard InChI is InChI=1S/C34H22N6.C34H24N6/c1-3-13-23(14-4-1)31-36-32(24-15-5-2-6-16-24)38-33(37-31)40-30-22-12-9-19-27(30)35-34(40)39-28-20-10-7-17-25(28)26-18-8-11-21-29(26)39;1-5-15-25(16-6-1)31-36-32(26-17-7-2-8-18-26)38-33(37-31)40-30-24-14-13-23-29(30)35-34(40)39(27-19-9-3-10-20-27)28-21-11-4-12-22-28/h1-22H;1-24H. The van der Waals surface area contributed by atoms with Crippen molar-refractivity contribution in [1.29, 1.82) is 0 Å². The molecule has 12 nitrogen and oxygen atoms in total. The van der Waals surface area contributed by atoms with Crippen LogP contribution >= 0.6 is 0 Å². The van der Waals surface area contributed by atoms with Gasteiger partial charge in [-0.25, -0.2) is 29.1 Å². The van der Waals surface area contributed by atoms with Crippen LogP contribution in [0.3, 0.4) is 0 Å². The Morgan fingerprint density at radius 3 is 0.963 bits per heavy atom. The first-order chi connectivity index (χ1) is 39.7. The van der Waals surface area contributed by atoms with Crippen LogP contribution in [-0.2, 0) is 0 Å². The van der Waals surface area contributed by atoms with E-state index in [0.717, 1.165) is 72.7 Å². The largest absolute Gasteiger partial charge is 0.280 e. The Labute approximate surface area is 460 Å². The maximum atomic E-state index is 5.16. The van der Waals surface area contributed by atoms with Crippen LogP contribution in [-0.4, -0.2) is 53.6 Å². The molecular formula is C68H46N12. The number of para-hydroxylation sites is 8. The average Bonchev–Trinajstić information content (AvgIpc) is 4.33. The number of hydrogen-bond acceptors (Lipinski definition) is 9. The highest BCUT2D eigenvalue weighted by molar-refractivity contribution is 6.09. The van der Waals surface area contributed by atoms with Crippen LogP contribution in [0.5, 0.6) is 0 Å². The molecule has 0 aliphatic carbocycles. The lowest BCUT2D eigenvalue weighted by Gasteiger charge is -2.24. The number of hydrogen-bond donors (Lipinski definition) is 0. The van der Waals surface area contributed by atoms with E-state index in [1.165, 1.54) is 10.8 Å². The summed E-state index contributed by atoms with van der Waals surface area (Å²) >= 11 is 0. The predicted octanol–water partition coefficient (Wildman–Crippen LogP) is 15.7. The third-order valence-corrected chi connectivity index (χ3v) is 13.9. The van der Waals surface area contributed by atoms with E-state index >= 15 is 0 Å². The minimum atomic E-state index is 0.494. The molecule has 5 heterocycles. The van der Waals surface area contributed by atoms with Crippen LogP contribution in [0.25, 0.3) is 107 Å². The average molecular weight is 1030 g/mol. The molecule has 0 N–H and O–H groups in total. The summed E-state index contributed by atoms with van der Waals surface area (Å²) in [7, 11) is 0. The Morgan fingerprint density at radius 2 is 0.550 bits per heavy atom. The van der Waals surface area contributed by atoms with Gasteiger partial charge in [0.25, 0.3) is 0 Å². The van der Waals surface area contributed by atoms with Crippen LogP contribution in [0.2, 0.25) is 0 Å². The van der Waals surface area contributed by atoms with E-state index < -0.39 is 0 Å². The lowest BCUT2D eigenvalue weighted by molar-refractivity contribution is 0.876. The Hall–Kier alpha value is -11.2. The Morgan fingerprint density at radius 1 is 0.237 bits per heavy atom. The molecule has 10 aromatic carbocycles. The topological polar surface area (TPSA) is 121 Å². The van der Waals surface area contributed by atoms with E-state index in [4.69, 9.17) is 39.9 Å². The van der Waals surface area contributed by atoms with Crippen LogP contribution < -0.4 is 4.90 Å². The minimum absolute atomic E-state index is 0.494. The van der Waals surface area contributed by atoms with Crippen LogP contribution in [0.15, 0.2) is 279 Å². The van der Waals surface area contributed by atoms with Crippen LogP contribution in [0.4, 0.5) is 17.3 Å². The monoisotopic (exact) mass is 1030 g/mol. The molecule has 0 unspecified atom stereocenters. The zero-order valence-electron chi connectivity index (χ0n) is 42.9. The number of benzene rings is 10. The van der Waals surface area contributed by atoms with Crippen LogP contribution in [0, 0.1) is 0 Å². The van der Waals surface area contributed by atoms with Crippen molar-refractivity contribution in [2.75, 3.05) is 4.90 Å². The van der Waals surface area contributed by atoms with Gasteiger partial charge in [0.1, 0.15) is 0 Å². The van der Waals surface area contributed by atoms with E-state index in [-0.39, 0.29) is 0 Å². The van der Waals surface area contributed by atoms with Crippen molar-refractivity contribution in [1.82, 2.24) is 53.6 Å². The second kappa shape index (κ2) is 20.7. The molecule has 0 saturated carbocycles. The Kier molecular flexibility index (Phi) is 12.2. The van der Waals surface area contributed by atoms with Gasteiger partial charge < -0.3 is 0 Å². The molecular weight excluding hydrogens is 985 g/mol. The minimum Gasteiger partial charge on any atom is -0.280 e. The molecule has 0 amide bonds. The second-order valence-corrected chi connectivity index (χ2v) is 18.9. The lowest BCUT2D eigenvalue weighted by Crippen LogP contribution is -2.17. The van der Waals surface area contributed by atoms with Gasteiger partial charge in [-0.2, -0.15) is 19.9 Å². The van der Waals surface area contributed by atoms with E-state index in [2.05, 4.69) is 92.9 Å². The summed E-state index contributed by atoms with van der Waals surface area (Å²) in [6.07, 6.45) is 0. The van der Waals surface area contributed by atoms with Gasteiger partial charge >= 0.3 is 0 Å². The summed E-state index contributed by atoms with van der Waals surface area (Å²) in [5.41, 5.74) is 11.3. The summed E-state index contributed by atoms with van der Waals surface area (Å²) in [4.78, 5) is 42.3. The fourth-order valence-corrected chi connectivity index (χ4v) is 10.2. The Bertz CT molecular complexity index is 4430. The van der Waals surface area contributed by atoms with Gasteiger partial charge in [-0.05, 0) is 60.7 Å². The van der Waals surface area contributed by atoms with Gasteiger partial charge in [-0.3, -0.25) is 9.47 Å². The molecule has 0 fully saturated rings. The SMILES string of the molecule is c1ccc(-c2nc(-c3ccccc3)nc(-n3c(-n4c5ccccc5c5ccccc54)nc4ccccc43)n2)cc1.c1ccc(-c2nc(-c3ccccc3)nc(-n3c(N(c4ccccc4)c4ccccc4)nc4ccccc43)n2)cc1. The van der Waals surface area contributed by atoms with Crippen molar-refractivity contribution < 1.29 is 0 Å². The summed E-state index contributed by atoms with van der Waals surface area (Å²) in [6.45, 7) is 0. The summed E-state index contributed by atoms with van der Waals surface area (Å²) < 4.78 is 6.28. The molecule has 0 aliphatic heterocycles. The number of imidazole rings is 2. The summed E-state index contributed by atoms with van der Waals surface area (Å²) in [5, 5.41) is 2.34. The molecule has 378 valence electrons. The zero-order chi connectivity index (χ0) is 53.2. The van der Waals surface area contributed by atoms with Gasteiger partial charge in [-0.1, -0.05) is 218 Å². The molecule has 0 aliphatic rings. The summed E-state index contributed by atoms with van der Waals surface area (Å²) in [6, 6.07) is 93.6. The fraction of sp³-hybridized carbons (Fsp3) is 0. The molecule has 15 aromatic rings. The smallest absolute Gasteiger partial charge is 0.241 e. The maximum absolute atomic E-state index is 5.16. The van der Waals surface area contributed by atoms with E-state index in [9.17, 15) is 0 Å². The maximum Gasteiger partial charge on any atom is 0.241 e. The predicted molar refractivity (Wildman–Crippen MR) is 320 cm³/mol. The van der Waals surface area contributed by atoms with Crippen LogP contribution in [0.1, 0.15) is 0 Å². The number of nitrogens with zero attached hydrogens (tertiary/aromatic N) is 12. The molecule has 0 bridgehead atoms. The highest BCUT2D eigenvalue weighted by atomic mass is 15.4. The number of aromatic nitrogens is 11. The van der Waals surface area contributed by atoms with Crippen molar-refractivity contribution in [3.63, 3.8) is 0 Å². The van der Waals surface area contributed by atoms with Crippen molar-refractivity contribution in [3.05, 3.63) is 279 Å². The normalized spacial score (nSPS) is 11.2. The molecule has 0 radical (unpaired) electrons. The molecule has 12 heteroatoms. The molecule has 0 saturated heterocycles. The third-order valence-electron chi connectivity index (χ3n) is 13.9. The first kappa shape index (κ1) is 47.2. The molecule has 5 aromatic heterocycles. The molecule has 0 spiro atoms. The van der Waals surface area contributed by atoms with E-state index in [0.29, 0.717) is 41.1 Å². The van der Waals surface area contributed by atoms with Crippen molar-refractivity contribution >= 4 is 61.2 Å². The van der Waals surface area contributed by atoms with Gasteiger partial charge in [0.05, 0.1) is 33.1 Å². The molecule has 80 heavy (non-hydrogen) atoms. The zero-order valence-corrected chi connectivity index (χ0v) is 42.9. The van der Waals surface area contributed by atoms with Crippen molar-refractivity contribution in [2.24, 2.45) is 0 Å². The van der Waals surface area contributed by atoms with Gasteiger partial charge in [0, 0.05) is 44.4 Å². The van der Waals surface area contributed by atoms with Crippen molar-refractivity contribution in [3.8, 4) is 63.4 Å². The molecule has 15 rings (SSSR count). The number of anilines is 3. The first-order valence-electron chi connectivity index (χ1n) is 26.3. The number of rotatable bonds is 10. The molecule has 0 atom stereocenters.